The summed E-state index contributed by atoms with van der Waals surface area (Å²) in [5.74, 6) is 0.655. The lowest BCUT2D eigenvalue weighted by atomic mass is 9.93. The maximum absolute atomic E-state index is 12.5. The molecule has 0 fully saturated rings. The lowest BCUT2D eigenvalue weighted by Gasteiger charge is -2.14. The molecule has 0 bridgehead atoms. The zero-order valence-electron chi connectivity index (χ0n) is 16.5. The van der Waals surface area contributed by atoms with Crippen molar-refractivity contribution in [3.8, 4) is 0 Å². The number of nitrogens with one attached hydrogen (secondary N) is 2. The van der Waals surface area contributed by atoms with Crippen LogP contribution in [-0.2, 0) is 16.4 Å². The number of hydrogen-bond donors (Lipinski definition) is 2. The molecule has 0 spiro atoms. The van der Waals surface area contributed by atoms with E-state index in [1.807, 2.05) is 20.8 Å². The van der Waals surface area contributed by atoms with E-state index in [1.54, 1.807) is 31.2 Å². The van der Waals surface area contributed by atoms with Crippen molar-refractivity contribution in [1.29, 1.82) is 0 Å². The molecule has 1 aliphatic carbocycles. The molecule has 0 saturated heterocycles. The van der Waals surface area contributed by atoms with Gasteiger partial charge in [0.2, 0.25) is 0 Å². The fraction of sp³-hybridized carbons (Fsp3) is 0.400. The van der Waals surface area contributed by atoms with Gasteiger partial charge < -0.3 is 9.73 Å². The van der Waals surface area contributed by atoms with Crippen molar-refractivity contribution in [1.82, 2.24) is 10.1 Å². The average molecular weight is 404 g/mol. The summed E-state index contributed by atoms with van der Waals surface area (Å²) < 4.78 is 30.8. The molecular weight excluding hydrogens is 378 g/mol. The Bertz CT molecular complexity index is 1020. The molecule has 1 heterocycles. The first-order chi connectivity index (χ1) is 13.2. The van der Waals surface area contributed by atoms with E-state index in [4.69, 9.17) is 4.42 Å². The van der Waals surface area contributed by atoms with Crippen LogP contribution in [0.25, 0.3) is 0 Å². The second kappa shape index (κ2) is 7.79. The van der Waals surface area contributed by atoms with Gasteiger partial charge in [-0.3, -0.25) is 4.79 Å². The second-order valence-corrected chi connectivity index (χ2v) is 8.96. The highest BCUT2D eigenvalue weighted by molar-refractivity contribution is 7.89. The van der Waals surface area contributed by atoms with Crippen LogP contribution in [-0.4, -0.2) is 26.1 Å². The van der Waals surface area contributed by atoms with Crippen molar-refractivity contribution in [3.63, 3.8) is 0 Å². The molecule has 0 unspecified atom stereocenters. The standard InChI is InChI=1S/C20H25N3O4S/c1-12(2)21-20(24)19-14(4)18-16(6-5-7-17(18)27-19)22-23-28(25,26)15-10-8-13(3)9-11-15/h8-12,23H,5-7H2,1-4H3,(H,21,24)/b22-16+. The van der Waals surface area contributed by atoms with Crippen LogP contribution in [0.5, 0.6) is 0 Å². The van der Waals surface area contributed by atoms with Crippen LogP contribution < -0.4 is 10.1 Å². The number of sulfonamides is 1. The fourth-order valence-corrected chi connectivity index (χ4v) is 4.04. The normalized spacial score (nSPS) is 15.5. The number of furan rings is 1. The molecule has 150 valence electrons. The fourth-order valence-electron chi connectivity index (χ4n) is 3.21. The molecule has 1 aliphatic rings. The lowest BCUT2D eigenvalue weighted by Crippen LogP contribution is -2.30. The molecule has 28 heavy (non-hydrogen) atoms. The molecule has 2 N–H and O–H groups in total. The van der Waals surface area contributed by atoms with Crippen molar-refractivity contribution in [2.24, 2.45) is 5.10 Å². The Labute approximate surface area is 165 Å². The summed E-state index contributed by atoms with van der Waals surface area (Å²) in [5, 5.41) is 7.00. The highest BCUT2D eigenvalue weighted by Crippen LogP contribution is 2.30. The Morgan fingerprint density at radius 3 is 2.46 bits per heavy atom. The molecule has 0 aliphatic heterocycles. The average Bonchev–Trinajstić information content (AvgIpc) is 2.97. The predicted octanol–water partition coefficient (Wildman–Crippen LogP) is 3.05. The third-order valence-corrected chi connectivity index (χ3v) is 5.81. The van der Waals surface area contributed by atoms with Crippen molar-refractivity contribution in [2.45, 2.75) is 57.9 Å². The van der Waals surface area contributed by atoms with E-state index in [9.17, 15) is 13.2 Å². The van der Waals surface area contributed by atoms with Crippen molar-refractivity contribution < 1.29 is 17.6 Å². The second-order valence-electron chi connectivity index (χ2n) is 7.30. The predicted molar refractivity (Wildman–Crippen MR) is 107 cm³/mol. The summed E-state index contributed by atoms with van der Waals surface area (Å²) in [5.41, 5.74) is 2.97. The molecule has 0 radical (unpaired) electrons. The number of aryl methyl sites for hydroxylation is 2. The molecule has 3 rings (SSSR count). The Morgan fingerprint density at radius 1 is 1.14 bits per heavy atom. The first kappa shape index (κ1) is 20.1. The summed E-state index contributed by atoms with van der Waals surface area (Å²) >= 11 is 0. The summed E-state index contributed by atoms with van der Waals surface area (Å²) in [7, 11) is -3.76. The van der Waals surface area contributed by atoms with Gasteiger partial charge in [-0.2, -0.15) is 18.4 Å². The van der Waals surface area contributed by atoms with Crippen molar-refractivity contribution in [3.05, 3.63) is 52.5 Å². The number of nitrogens with zero attached hydrogens (tertiary/aromatic N) is 1. The largest absolute Gasteiger partial charge is 0.455 e. The summed E-state index contributed by atoms with van der Waals surface area (Å²) in [6.45, 7) is 7.45. The first-order valence-corrected chi connectivity index (χ1v) is 10.8. The third-order valence-electron chi connectivity index (χ3n) is 4.58. The number of carbonyl (C=O) groups excluding carboxylic acids is 1. The van der Waals surface area contributed by atoms with Crippen LogP contribution in [0.1, 0.15) is 59.7 Å². The number of amides is 1. The number of carbonyl (C=O) groups is 1. The van der Waals surface area contributed by atoms with E-state index >= 15 is 0 Å². The number of benzene rings is 1. The van der Waals surface area contributed by atoms with E-state index in [1.165, 1.54) is 0 Å². The monoisotopic (exact) mass is 403 g/mol. The molecule has 0 atom stereocenters. The minimum absolute atomic E-state index is 0.0107. The summed E-state index contributed by atoms with van der Waals surface area (Å²) in [6.07, 6.45) is 2.07. The van der Waals surface area contributed by atoms with Gasteiger partial charge in [-0.15, -0.1) is 0 Å². The lowest BCUT2D eigenvalue weighted by molar-refractivity contribution is 0.0912. The Morgan fingerprint density at radius 2 is 1.82 bits per heavy atom. The van der Waals surface area contributed by atoms with Gasteiger partial charge in [0.05, 0.1) is 10.6 Å². The maximum atomic E-state index is 12.5. The molecule has 1 amide bonds. The molecule has 8 heteroatoms. The van der Waals surface area contributed by atoms with Crippen LogP contribution >= 0.6 is 0 Å². The number of rotatable bonds is 5. The van der Waals surface area contributed by atoms with E-state index < -0.39 is 10.0 Å². The van der Waals surface area contributed by atoms with Gasteiger partial charge >= 0.3 is 0 Å². The molecule has 1 aromatic heterocycles. The molecule has 0 saturated carbocycles. The van der Waals surface area contributed by atoms with Crippen LogP contribution in [0, 0.1) is 13.8 Å². The Balaban J connectivity index is 1.90. The van der Waals surface area contributed by atoms with Crippen LogP contribution in [0.15, 0.2) is 38.7 Å². The van der Waals surface area contributed by atoms with Gasteiger partial charge in [-0.25, -0.2) is 0 Å². The summed E-state index contributed by atoms with van der Waals surface area (Å²) in [6, 6.07) is 6.55. The van der Waals surface area contributed by atoms with Gasteiger partial charge in [0.25, 0.3) is 15.9 Å². The van der Waals surface area contributed by atoms with Crippen molar-refractivity contribution >= 4 is 21.6 Å². The molecular formula is C20H25N3O4S. The zero-order valence-corrected chi connectivity index (χ0v) is 17.3. The van der Waals surface area contributed by atoms with Gasteiger partial charge in [0, 0.05) is 23.6 Å². The van der Waals surface area contributed by atoms with E-state index in [-0.39, 0.29) is 22.6 Å². The van der Waals surface area contributed by atoms with Gasteiger partial charge in [-0.05, 0) is 52.7 Å². The van der Waals surface area contributed by atoms with Gasteiger partial charge in [0.1, 0.15) is 5.76 Å². The Hall–Kier alpha value is -2.61. The van der Waals surface area contributed by atoms with E-state index in [0.717, 1.165) is 17.5 Å². The quantitative estimate of drug-likeness (QED) is 0.749. The van der Waals surface area contributed by atoms with E-state index in [2.05, 4.69) is 15.2 Å². The maximum Gasteiger partial charge on any atom is 0.287 e. The molecule has 1 aromatic carbocycles. The summed E-state index contributed by atoms with van der Waals surface area (Å²) in [4.78, 5) is 14.8. The number of hydrogen-bond acceptors (Lipinski definition) is 5. The minimum Gasteiger partial charge on any atom is -0.455 e. The highest BCUT2D eigenvalue weighted by atomic mass is 32.2. The minimum atomic E-state index is -3.76. The van der Waals surface area contributed by atoms with E-state index in [0.29, 0.717) is 29.9 Å². The topological polar surface area (TPSA) is 101 Å². The zero-order chi connectivity index (χ0) is 20.5. The SMILES string of the molecule is Cc1ccc(S(=O)(=O)N/N=C2\CCCc3oc(C(=O)NC(C)C)c(C)c32)cc1. The van der Waals surface area contributed by atoms with Crippen LogP contribution in [0.3, 0.4) is 0 Å². The smallest absolute Gasteiger partial charge is 0.287 e. The highest BCUT2D eigenvalue weighted by Gasteiger charge is 2.28. The van der Waals surface area contributed by atoms with Crippen molar-refractivity contribution in [2.75, 3.05) is 0 Å². The molecule has 2 aromatic rings. The number of hydrazone groups is 1. The first-order valence-electron chi connectivity index (χ1n) is 9.27. The third kappa shape index (κ3) is 4.11. The van der Waals surface area contributed by atoms with Crippen LogP contribution in [0.2, 0.25) is 0 Å². The Kier molecular flexibility index (Phi) is 5.60. The molecule has 7 nitrogen and oxygen atoms in total. The van der Waals surface area contributed by atoms with Gasteiger partial charge in [-0.1, -0.05) is 17.7 Å². The number of fused-ring (bicyclic) bond motifs is 1. The van der Waals surface area contributed by atoms with Gasteiger partial charge in [0.15, 0.2) is 5.76 Å². The van der Waals surface area contributed by atoms with Crippen LogP contribution in [0.4, 0.5) is 0 Å².